The molecule has 0 amide bonds. The molecule has 0 atom stereocenters. The minimum atomic E-state index is -1.03. The van der Waals surface area contributed by atoms with E-state index >= 15 is 0 Å². The quantitative estimate of drug-likeness (QED) is 0.368. The molecular formula is C11H16O6. The largest absolute Gasteiger partial charge is 0.481 e. The zero-order valence-electron chi connectivity index (χ0n) is 9.52. The fourth-order valence-corrected chi connectivity index (χ4v) is 0.903. The summed E-state index contributed by atoms with van der Waals surface area (Å²) in [5, 5.41) is 8.31. The molecule has 0 spiro atoms. The zero-order chi connectivity index (χ0) is 13.1. The number of carboxylic acids is 1. The highest BCUT2D eigenvalue weighted by molar-refractivity contribution is 5.81. The van der Waals surface area contributed by atoms with Crippen LogP contribution in [0, 0.1) is 0 Å². The van der Waals surface area contributed by atoms with E-state index in [9.17, 15) is 14.4 Å². The fraction of sp³-hybridized carbons (Fsp3) is 0.545. The number of aliphatic carboxylic acids is 1. The van der Waals surface area contributed by atoms with Crippen LogP contribution in [0.2, 0.25) is 0 Å². The minimum absolute atomic E-state index is 0.124. The standard InChI is InChI=1S/C11H16O6/c1-2-10(14)16-7-3-4-8-17-11(15)6-5-9(12)13/h2H,1,3-8H2,(H,12,13). The van der Waals surface area contributed by atoms with Crippen molar-refractivity contribution in [2.24, 2.45) is 0 Å². The number of ether oxygens (including phenoxy) is 2. The first-order valence-electron chi connectivity index (χ1n) is 5.23. The van der Waals surface area contributed by atoms with Crippen molar-refractivity contribution in [3.8, 4) is 0 Å². The lowest BCUT2D eigenvalue weighted by Crippen LogP contribution is -2.09. The van der Waals surface area contributed by atoms with Crippen LogP contribution in [0.15, 0.2) is 12.7 Å². The number of unbranched alkanes of at least 4 members (excludes halogenated alkanes) is 1. The highest BCUT2D eigenvalue weighted by Gasteiger charge is 2.06. The summed E-state index contributed by atoms with van der Waals surface area (Å²) in [6.45, 7) is 3.69. The number of carboxylic acid groups (broad SMARTS) is 1. The van der Waals surface area contributed by atoms with Gasteiger partial charge in [0.05, 0.1) is 26.1 Å². The summed E-state index contributed by atoms with van der Waals surface area (Å²) in [6, 6.07) is 0. The van der Waals surface area contributed by atoms with E-state index in [4.69, 9.17) is 14.6 Å². The molecule has 0 radical (unpaired) electrons. The van der Waals surface area contributed by atoms with Crippen molar-refractivity contribution in [2.75, 3.05) is 13.2 Å². The van der Waals surface area contributed by atoms with Crippen LogP contribution in [0.5, 0.6) is 0 Å². The molecule has 0 aliphatic rings. The third-order valence-corrected chi connectivity index (χ3v) is 1.76. The molecule has 17 heavy (non-hydrogen) atoms. The Bertz CT molecular complexity index is 284. The van der Waals surface area contributed by atoms with Crippen LogP contribution in [0.1, 0.15) is 25.7 Å². The molecule has 0 heterocycles. The van der Waals surface area contributed by atoms with Crippen LogP contribution in [0.3, 0.4) is 0 Å². The van der Waals surface area contributed by atoms with Gasteiger partial charge in [0.2, 0.25) is 0 Å². The average molecular weight is 244 g/mol. The molecule has 0 fully saturated rings. The highest BCUT2D eigenvalue weighted by atomic mass is 16.5. The lowest BCUT2D eigenvalue weighted by molar-refractivity contribution is -0.148. The van der Waals surface area contributed by atoms with Gasteiger partial charge in [0.1, 0.15) is 0 Å². The van der Waals surface area contributed by atoms with Crippen molar-refractivity contribution in [3.63, 3.8) is 0 Å². The molecule has 0 aliphatic heterocycles. The molecule has 0 aliphatic carbocycles. The van der Waals surface area contributed by atoms with Gasteiger partial charge >= 0.3 is 17.9 Å². The predicted octanol–water partition coefficient (Wildman–Crippen LogP) is 0.904. The van der Waals surface area contributed by atoms with E-state index < -0.39 is 17.9 Å². The molecule has 0 bridgehead atoms. The number of carbonyl (C=O) groups is 3. The van der Waals surface area contributed by atoms with E-state index in [-0.39, 0.29) is 26.1 Å². The van der Waals surface area contributed by atoms with Crippen LogP contribution < -0.4 is 0 Å². The van der Waals surface area contributed by atoms with Crippen molar-refractivity contribution >= 4 is 17.9 Å². The van der Waals surface area contributed by atoms with Crippen LogP contribution in [-0.4, -0.2) is 36.2 Å². The smallest absolute Gasteiger partial charge is 0.330 e. The lowest BCUT2D eigenvalue weighted by atomic mass is 10.3. The molecule has 0 aromatic heterocycles. The summed E-state index contributed by atoms with van der Waals surface area (Å²) in [5.74, 6) is -2.04. The van der Waals surface area contributed by atoms with Gasteiger partial charge in [-0.25, -0.2) is 4.79 Å². The maximum Gasteiger partial charge on any atom is 0.330 e. The van der Waals surface area contributed by atoms with Crippen LogP contribution in [0.4, 0.5) is 0 Å². The summed E-state index contributed by atoms with van der Waals surface area (Å²) in [4.78, 5) is 31.7. The van der Waals surface area contributed by atoms with Gasteiger partial charge in [0.25, 0.3) is 0 Å². The first-order valence-corrected chi connectivity index (χ1v) is 5.23. The van der Waals surface area contributed by atoms with Crippen molar-refractivity contribution in [1.29, 1.82) is 0 Å². The van der Waals surface area contributed by atoms with Gasteiger partial charge in [-0.3, -0.25) is 9.59 Å². The maximum absolute atomic E-state index is 11.0. The number of hydrogen-bond acceptors (Lipinski definition) is 5. The minimum Gasteiger partial charge on any atom is -0.481 e. The normalized spacial score (nSPS) is 9.41. The monoisotopic (exact) mass is 244 g/mol. The highest BCUT2D eigenvalue weighted by Crippen LogP contribution is 1.97. The van der Waals surface area contributed by atoms with E-state index in [1.165, 1.54) is 0 Å². The van der Waals surface area contributed by atoms with Gasteiger partial charge in [-0.2, -0.15) is 0 Å². The molecule has 6 nitrogen and oxygen atoms in total. The van der Waals surface area contributed by atoms with Crippen LogP contribution >= 0.6 is 0 Å². The van der Waals surface area contributed by atoms with Gasteiger partial charge in [-0.15, -0.1) is 0 Å². The molecule has 0 unspecified atom stereocenters. The van der Waals surface area contributed by atoms with E-state index in [0.29, 0.717) is 12.8 Å². The molecule has 96 valence electrons. The third kappa shape index (κ3) is 10.4. The number of esters is 2. The molecular weight excluding hydrogens is 228 g/mol. The summed E-state index contributed by atoms with van der Waals surface area (Å²) in [7, 11) is 0. The predicted molar refractivity (Wildman–Crippen MR) is 58.2 cm³/mol. The average Bonchev–Trinajstić information content (AvgIpc) is 2.30. The number of hydrogen-bond donors (Lipinski definition) is 1. The molecule has 6 heteroatoms. The lowest BCUT2D eigenvalue weighted by Gasteiger charge is -2.04. The van der Waals surface area contributed by atoms with Crippen molar-refractivity contribution in [1.82, 2.24) is 0 Å². The van der Waals surface area contributed by atoms with E-state index in [0.717, 1.165) is 6.08 Å². The van der Waals surface area contributed by atoms with Crippen LogP contribution in [0.25, 0.3) is 0 Å². The van der Waals surface area contributed by atoms with E-state index in [1.54, 1.807) is 0 Å². The molecule has 0 saturated heterocycles. The van der Waals surface area contributed by atoms with Gasteiger partial charge in [0, 0.05) is 6.08 Å². The van der Waals surface area contributed by atoms with E-state index in [1.807, 2.05) is 0 Å². The van der Waals surface area contributed by atoms with E-state index in [2.05, 4.69) is 6.58 Å². The summed E-state index contributed by atoms with van der Waals surface area (Å²) in [5.41, 5.74) is 0. The first-order chi connectivity index (χ1) is 8.06. The van der Waals surface area contributed by atoms with Gasteiger partial charge in [-0.1, -0.05) is 6.58 Å². The first kappa shape index (κ1) is 15.2. The van der Waals surface area contributed by atoms with Gasteiger partial charge in [0.15, 0.2) is 0 Å². The van der Waals surface area contributed by atoms with Crippen molar-refractivity contribution in [3.05, 3.63) is 12.7 Å². The Morgan fingerprint density at radius 3 is 2.18 bits per heavy atom. The van der Waals surface area contributed by atoms with Gasteiger partial charge < -0.3 is 14.6 Å². The van der Waals surface area contributed by atoms with Crippen LogP contribution in [-0.2, 0) is 23.9 Å². The molecule has 0 saturated carbocycles. The molecule has 1 N–H and O–H groups in total. The third-order valence-electron chi connectivity index (χ3n) is 1.76. The Morgan fingerprint density at radius 1 is 1.06 bits per heavy atom. The Kier molecular flexibility index (Phi) is 8.36. The molecule has 0 rings (SSSR count). The summed E-state index contributed by atoms with van der Waals surface area (Å²) >= 11 is 0. The summed E-state index contributed by atoms with van der Waals surface area (Å²) in [6.07, 6.45) is 1.86. The summed E-state index contributed by atoms with van der Waals surface area (Å²) < 4.78 is 9.46. The second-order valence-corrected chi connectivity index (χ2v) is 3.19. The second-order valence-electron chi connectivity index (χ2n) is 3.19. The Hall–Kier alpha value is -1.85. The topological polar surface area (TPSA) is 89.9 Å². The molecule has 0 aromatic rings. The molecule has 0 aromatic carbocycles. The van der Waals surface area contributed by atoms with Crippen molar-refractivity contribution < 1.29 is 29.0 Å². The number of rotatable bonds is 9. The SMILES string of the molecule is C=CC(=O)OCCCCOC(=O)CCC(=O)O. The Balaban J connectivity index is 3.33. The Morgan fingerprint density at radius 2 is 1.65 bits per heavy atom. The van der Waals surface area contributed by atoms with Gasteiger partial charge in [-0.05, 0) is 12.8 Å². The second kappa shape index (κ2) is 9.38. The fourth-order valence-electron chi connectivity index (χ4n) is 0.903. The van der Waals surface area contributed by atoms with Crippen molar-refractivity contribution in [2.45, 2.75) is 25.7 Å². The maximum atomic E-state index is 11.0. The zero-order valence-corrected chi connectivity index (χ0v) is 9.52. The Labute approximate surface area is 99.2 Å². The number of carbonyl (C=O) groups excluding carboxylic acids is 2.